The molecular weight excluding hydrogens is 355 g/mol. The molecule has 0 bridgehead atoms. The lowest BCUT2D eigenvalue weighted by molar-refractivity contribution is -0.147. The van der Waals surface area contributed by atoms with Crippen molar-refractivity contribution in [1.29, 1.82) is 0 Å². The molecule has 124 valence electrons. The number of rotatable bonds is 5. The van der Waals surface area contributed by atoms with Crippen molar-refractivity contribution in [3.8, 4) is 0 Å². The zero-order chi connectivity index (χ0) is 17.4. The zero-order valence-corrected chi connectivity index (χ0v) is 15.6. The van der Waals surface area contributed by atoms with E-state index in [-0.39, 0.29) is 29.8 Å². The fraction of sp³-hybridized carbons (Fsp3) is 0.389. The average molecular weight is 374 g/mol. The maximum absolute atomic E-state index is 12.4. The van der Waals surface area contributed by atoms with Crippen LogP contribution in [0.2, 0.25) is 15.1 Å². The fourth-order valence-corrected chi connectivity index (χ4v) is 3.66. The third-order valence-electron chi connectivity index (χ3n) is 4.39. The van der Waals surface area contributed by atoms with Crippen LogP contribution in [0.5, 0.6) is 0 Å². The Labute approximate surface area is 152 Å². The summed E-state index contributed by atoms with van der Waals surface area (Å²) in [7, 11) is 0. The first-order valence-electron chi connectivity index (χ1n) is 7.29. The number of carbonyl (C=O) groups is 1. The van der Waals surface area contributed by atoms with Gasteiger partial charge in [-0.2, -0.15) is 0 Å². The van der Waals surface area contributed by atoms with Gasteiger partial charge in [0.05, 0.1) is 16.0 Å². The van der Waals surface area contributed by atoms with Crippen molar-refractivity contribution in [1.82, 2.24) is 0 Å². The topological polar surface area (TPSA) is 26.3 Å². The lowest BCUT2D eigenvalue weighted by atomic mass is 10.1. The largest absolute Gasteiger partial charge is 0.460 e. The fourth-order valence-electron chi connectivity index (χ4n) is 2.73. The van der Waals surface area contributed by atoms with E-state index in [0.717, 1.165) is 5.57 Å². The molecule has 0 saturated heterocycles. The van der Waals surface area contributed by atoms with Gasteiger partial charge in [0.1, 0.15) is 6.61 Å². The maximum atomic E-state index is 12.4. The van der Waals surface area contributed by atoms with E-state index >= 15 is 0 Å². The SMILES string of the molecule is C=CC(C)=CC1C(C(=O)OCc2c(Cl)cc(Cl)cc2Cl)C1(C)C. The summed E-state index contributed by atoms with van der Waals surface area (Å²) in [5, 5.41) is 1.23. The molecule has 23 heavy (non-hydrogen) atoms. The normalized spacial score (nSPS) is 22.6. The number of hydrogen-bond donors (Lipinski definition) is 0. The van der Waals surface area contributed by atoms with Crippen molar-refractivity contribution in [3.05, 3.63) is 57.1 Å². The second-order valence-corrected chi connectivity index (χ2v) is 7.65. The number of carbonyl (C=O) groups excluding carboxylic acids is 1. The number of esters is 1. The van der Waals surface area contributed by atoms with Crippen LogP contribution in [0, 0.1) is 17.3 Å². The number of hydrogen-bond acceptors (Lipinski definition) is 2. The van der Waals surface area contributed by atoms with Crippen LogP contribution in [-0.4, -0.2) is 5.97 Å². The molecular formula is C18H19Cl3O2. The van der Waals surface area contributed by atoms with Gasteiger partial charge >= 0.3 is 5.97 Å². The molecule has 0 radical (unpaired) electrons. The predicted molar refractivity (Wildman–Crippen MR) is 96.0 cm³/mol. The molecule has 5 heteroatoms. The van der Waals surface area contributed by atoms with Crippen LogP contribution in [0.25, 0.3) is 0 Å². The number of allylic oxidation sites excluding steroid dienone is 3. The Morgan fingerprint density at radius 3 is 2.39 bits per heavy atom. The molecule has 1 aliphatic rings. The molecule has 1 aromatic carbocycles. The number of ether oxygens (including phenoxy) is 1. The van der Waals surface area contributed by atoms with E-state index in [1.807, 2.05) is 6.92 Å². The van der Waals surface area contributed by atoms with Gasteiger partial charge < -0.3 is 4.74 Å². The van der Waals surface area contributed by atoms with Gasteiger partial charge in [0.15, 0.2) is 0 Å². The highest BCUT2D eigenvalue weighted by Crippen LogP contribution is 2.60. The minimum Gasteiger partial charge on any atom is -0.460 e. The summed E-state index contributed by atoms with van der Waals surface area (Å²) in [5.74, 6) is -0.249. The van der Waals surface area contributed by atoms with Crippen LogP contribution in [0.4, 0.5) is 0 Å². The Bertz CT molecular complexity index is 654. The summed E-state index contributed by atoms with van der Waals surface area (Å²) in [5.41, 5.74) is 1.51. The van der Waals surface area contributed by atoms with Crippen LogP contribution in [0.1, 0.15) is 26.3 Å². The van der Waals surface area contributed by atoms with Gasteiger partial charge in [-0.05, 0) is 30.4 Å². The first-order chi connectivity index (χ1) is 10.7. The van der Waals surface area contributed by atoms with Crippen molar-refractivity contribution in [3.63, 3.8) is 0 Å². The number of halogens is 3. The van der Waals surface area contributed by atoms with E-state index in [9.17, 15) is 4.79 Å². The van der Waals surface area contributed by atoms with Gasteiger partial charge in [-0.1, -0.05) is 73.0 Å². The van der Waals surface area contributed by atoms with E-state index < -0.39 is 0 Å². The second-order valence-electron chi connectivity index (χ2n) is 6.40. The molecule has 2 nitrogen and oxygen atoms in total. The molecule has 1 saturated carbocycles. The maximum Gasteiger partial charge on any atom is 0.310 e. The molecule has 1 fully saturated rings. The van der Waals surface area contributed by atoms with Gasteiger partial charge in [-0.25, -0.2) is 0 Å². The highest BCUT2D eigenvalue weighted by Gasteiger charge is 2.61. The van der Waals surface area contributed by atoms with Crippen molar-refractivity contribution in [2.24, 2.45) is 17.3 Å². The molecule has 2 unspecified atom stereocenters. The highest BCUT2D eigenvalue weighted by molar-refractivity contribution is 6.39. The molecule has 0 amide bonds. The molecule has 0 spiro atoms. The van der Waals surface area contributed by atoms with Crippen LogP contribution >= 0.6 is 34.8 Å². The Hall–Kier alpha value is -0.960. The van der Waals surface area contributed by atoms with E-state index in [0.29, 0.717) is 20.6 Å². The summed E-state index contributed by atoms with van der Waals surface area (Å²) < 4.78 is 5.43. The lowest BCUT2D eigenvalue weighted by Crippen LogP contribution is -2.11. The van der Waals surface area contributed by atoms with Gasteiger partial charge in [-0.15, -0.1) is 0 Å². The minimum absolute atomic E-state index is 0.0388. The summed E-state index contributed by atoms with van der Waals surface area (Å²) in [6, 6.07) is 3.16. The van der Waals surface area contributed by atoms with Crippen LogP contribution in [0.3, 0.4) is 0 Å². The Kier molecular flexibility index (Phi) is 5.50. The van der Waals surface area contributed by atoms with Crippen LogP contribution < -0.4 is 0 Å². The summed E-state index contributed by atoms with van der Waals surface area (Å²) in [6.07, 6.45) is 3.85. The van der Waals surface area contributed by atoms with Gasteiger partial charge in [0.2, 0.25) is 0 Å². The minimum atomic E-state index is -0.241. The summed E-state index contributed by atoms with van der Waals surface area (Å²) in [6.45, 7) is 9.85. The molecule has 2 rings (SSSR count). The van der Waals surface area contributed by atoms with E-state index in [1.54, 1.807) is 18.2 Å². The van der Waals surface area contributed by atoms with Gasteiger partial charge in [-0.3, -0.25) is 4.79 Å². The predicted octanol–water partition coefficient (Wildman–Crippen LogP) is 6.09. The first-order valence-corrected chi connectivity index (χ1v) is 8.42. The summed E-state index contributed by atoms with van der Waals surface area (Å²) >= 11 is 18.1. The zero-order valence-electron chi connectivity index (χ0n) is 13.3. The van der Waals surface area contributed by atoms with Gasteiger partial charge in [0, 0.05) is 10.6 Å². The average Bonchev–Trinajstić information content (AvgIpc) is 2.98. The van der Waals surface area contributed by atoms with Gasteiger partial charge in [0.25, 0.3) is 0 Å². The van der Waals surface area contributed by atoms with Crippen LogP contribution in [0.15, 0.2) is 36.4 Å². The van der Waals surface area contributed by atoms with Crippen molar-refractivity contribution >= 4 is 40.8 Å². The quantitative estimate of drug-likeness (QED) is 0.461. The Morgan fingerprint density at radius 1 is 1.30 bits per heavy atom. The molecule has 0 heterocycles. The lowest BCUT2D eigenvalue weighted by Gasteiger charge is -2.09. The molecule has 1 aromatic rings. The molecule has 1 aliphatic carbocycles. The summed E-state index contributed by atoms with van der Waals surface area (Å²) in [4.78, 5) is 12.4. The first kappa shape index (κ1) is 18.4. The Balaban J connectivity index is 2.05. The van der Waals surface area contributed by atoms with Crippen molar-refractivity contribution < 1.29 is 9.53 Å². The van der Waals surface area contributed by atoms with Crippen molar-refractivity contribution in [2.45, 2.75) is 27.4 Å². The smallest absolute Gasteiger partial charge is 0.310 e. The standard InChI is InChI=1S/C18H19Cl3O2/c1-5-10(2)6-13-16(18(13,3)4)17(22)23-9-12-14(20)7-11(19)8-15(12)21/h5-8,13,16H,1,9H2,2-4H3. The number of benzene rings is 1. The van der Waals surface area contributed by atoms with Crippen LogP contribution in [-0.2, 0) is 16.1 Å². The van der Waals surface area contributed by atoms with E-state index in [1.165, 1.54) is 0 Å². The molecule has 0 N–H and O–H groups in total. The molecule has 2 atom stereocenters. The second kappa shape index (κ2) is 6.88. The third-order valence-corrected chi connectivity index (χ3v) is 5.29. The highest BCUT2D eigenvalue weighted by atomic mass is 35.5. The van der Waals surface area contributed by atoms with E-state index in [4.69, 9.17) is 39.5 Å². The molecule has 0 aliphatic heterocycles. The third kappa shape index (κ3) is 3.93. The molecule has 0 aromatic heterocycles. The van der Waals surface area contributed by atoms with E-state index in [2.05, 4.69) is 26.5 Å². The monoisotopic (exact) mass is 372 g/mol. The Morgan fingerprint density at radius 2 is 1.87 bits per heavy atom. The van der Waals surface area contributed by atoms with Crippen molar-refractivity contribution in [2.75, 3.05) is 0 Å².